The Hall–Kier alpha value is -2.89. The van der Waals surface area contributed by atoms with Gasteiger partial charge in [-0.1, -0.05) is 18.2 Å². The van der Waals surface area contributed by atoms with Gasteiger partial charge in [0.25, 0.3) is 5.91 Å². The number of pyridine rings is 1. The number of para-hydroxylation sites is 1. The second-order valence-corrected chi connectivity index (χ2v) is 6.29. The van der Waals surface area contributed by atoms with Gasteiger partial charge in [-0.25, -0.2) is 0 Å². The van der Waals surface area contributed by atoms with E-state index in [4.69, 9.17) is 4.74 Å². The maximum absolute atomic E-state index is 12.9. The number of benzene rings is 1. The zero-order valence-corrected chi connectivity index (χ0v) is 14.1. The lowest BCUT2D eigenvalue weighted by Gasteiger charge is -2.31. The molecule has 4 rings (SSSR count). The molecule has 1 saturated heterocycles. The van der Waals surface area contributed by atoms with E-state index in [2.05, 4.69) is 10.1 Å². The van der Waals surface area contributed by atoms with Gasteiger partial charge in [-0.2, -0.15) is 5.10 Å². The van der Waals surface area contributed by atoms with Crippen LogP contribution in [-0.2, 0) is 7.05 Å². The van der Waals surface area contributed by atoms with Gasteiger partial charge in [0.2, 0.25) is 0 Å². The number of aryl methyl sites for hydroxylation is 1. The summed E-state index contributed by atoms with van der Waals surface area (Å²) < 4.78 is 7.71. The zero-order valence-electron chi connectivity index (χ0n) is 14.1. The second kappa shape index (κ2) is 6.55. The van der Waals surface area contributed by atoms with E-state index in [9.17, 15) is 4.79 Å². The molecule has 1 aromatic carbocycles. The van der Waals surface area contributed by atoms with Gasteiger partial charge in [0.1, 0.15) is 11.9 Å². The number of nitrogens with zero attached hydrogens (tertiary/aromatic N) is 4. The minimum absolute atomic E-state index is 0.00312. The predicted molar refractivity (Wildman–Crippen MR) is 94.5 cm³/mol. The quantitative estimate of drug-likeness (QED) is 0.738. The number of carbonyl (C=O) groups is 1. The first kappa shape index (κ1) is 15.6. The van der Waals surface area contributed by atoms with Crippen molar-refractivity contribution in [2.75, 3.05) is 13.1 Å². The Morgan fingerprint density at radius 3 is 2.72 bits per heavy atom. The standard InChI is InChI=1S/C19H20N4O2/c1-22-17-7-3-2-6-16(17)18(21-22)19(24)23-11-8-14(9-12-23)25-15-5-4-10-20-13-15/h2-7,10,13-14H,8-9,11-12H2,1H3. The van der Waals surface area contributed by atoms with Crippen molar-refractivity contribution in [1.29, 1.82) is 0 Å². The Morgan fingerprint density at radius 2 is 1.96 bits per heavy atom. The van der Waals surface area contributed by atoms with E-state index < -0.39 is 0 Å². The summed E-state index contributed by atoms with van der Waals surface area (Å²) in [7, 11) is 1.87. The lowest BCUT2D eigenvalue weighted by atomic mass is 10.1. The third kappa shape index (κ3) is 3.07. The van der Waals surface area contributed by atoms with Crippen molar-refractivity contribution in [3.63, 3.8) is 0 Å². The molecule has 6 nitrogen and oxygen atoms in total. The molecule has 2 aromatic heterocycles. The third-order valence-electron chi connectivity index (χ3n) is 4.63. The molecule has 0 saturated carbocycles. The molecule has 6 heteroatoms. The van der Waals surface area contributed by atoms with Gasteiger partial charge in [-0.3, -0.25) is 14.5 Å². The van der Waals surface area contributed by atoms with E-state index in [-0.39, 0.29) is 12.0 Å². The smallest absolute Gasteiger partial charge is 0.275 e. The molecule has 1 aliphatic heterocycles. The van der Waals surface area contributed by atoms with Crippen molar-refractivity contribution in [3.8, 4) is 5.75 Å². The molecule has 1 amide bonds. The fraction of sp³-hybridized carbons (Fsp3) is 0.316. The maximum Gasteiger partial charge on any atom is 0.275 e. The summed E-state index contributed by atoms with van der Waals surface area (Å²) in [6.45, 7) is 1.35. The highest BCUT2D eigenvalue weighted by molar-refractivity contribution is 6.04. The molecule has 1 fully saturated rings. The van der Waals surface area contributed by atoms with Gasteiger partial charge >= 0.3 is 0 Å². The number of ether oxygens (including phenoxy) is 1. The number of piperidine rings is 1. The van der Waals surface area contributed by atoms with Gasteiger partial charge in [-0.05, 0) is 18.2 Å². The highest BCUT2D eigenvalue weighted by Crippen LogP contribution is 2.22. The summed E-state index contributed by atoms with van der Waals surface area (Å²) in [5.41, 5.74) is 1.50. The van der Waals surface area contributed by atoms with Crippen LogP contribution in [0.3, 0.4) is 0 Å². The van der Waals surface area contributed by atoms with Gasteiger partial charge < -0.3 is 9.64 Å². The summed E-state index contributed by atoms with van der Waals surface area (Å²) in [6, 6.07) is 11.6. The Balaban J connectivity index is 1.44. The van der Waals surface area contributed by atoms with Crippen molar-refractivity contribution in [3.05, 3.63) is 54.5 Å². The van der Waals surface area contributed by atoms with E-state index in [1.807, 2.05) is 48.3 Å². The number of carbonyl (C=O) groups excluding carboxylic acids is 1. The normalized spacial score (nSPS) is 15.5. The van der Waals surface area contributed by atoms with Crippen LogP contribution in [0.4, 0.5) is 0 Å². The lowest BCUT2D eigenvalue weighted by molar-refractivity contribution is 0.0590. The molecule has 0 radical (unpaired) electrons. The molecular weight excluding hydrogens is 316 g/mol. The van der Waals surface area contributed by atoms with Crippen molar-refractivity contribution in [2.24, 2.45) is 7.05 Å². The number of rotatable bonds is 3. The maximum atomic E-state index is 12.9. The average Bonchev–Trinajstić information content (AvgIpc) is 3.00. The van der Waals surface area contributed by atoms with Crippen LogP contribution >= 0.6 is 0 Å². The Labute approximate surface area is 146 Å². The summed E-state index contributed by atoms with van der Waals surface area (Å²) in [4.78, 5) is 18.8. The minimum atomic E-state index is -0.00312. The summed E-state index contributed by atoms with van der Waals surface area (Å²) >= 11 is 0. The van der Waals surface area contributed by atoms with Crippen LogP contribution in [-0.4, -0.2) is 44.8 Å². The van der Waals surface area contributed by atoms with Gasteiger partial charge in [0.05, 0.1) is 11.7 Å². The number of hydrogen-bond acceptors (Lipinski definition) is 4. The van der Waals surface area contributed by atoms with Crippen LogP contribution < -0.4 is 4.74 Å². The van der Waals surface area contributed by atoms with Gasteiger partial charge in [0.15, 0.2) is 5.69 Å². The molecule has 0 spiro atoms. The van der Waals surface area contributed by atoms with Crippen LogP contribution in [0.15, 0.2) is 48.8 Å². The van der Waals surface area contributed by atoms with Crippen molar-refractivity contribution in [1.82, 2.24) is 19.7 Å². The summed E-state index contributed by atoms with van der Waals surface area (Å²) in [5.74, 6) is 0.777. The third-order valence-corrected chi connectivity index (χ3v) is 4.63. The Kier molecular flexibility index (Phi) is 4.09. The SMILES string of the molecule is Cn1nc(C(=O)N2CCC(Oc3cccnc3)CC2)c2ccccc21. The zero-order chi connectivity index (χ0) is 17.2. The second-order valence-electron chi connectivity index (χ2n) is 6.29. The lowest BCUT2D eigenvalue weighted by Crippen LogP contribution is -2.42. The first-order valence-corrected chi connectivity index (χ1v) is 8.50. The van der Waals surface area contributed by atoms with Crippen molar-refractivity contribution in [2.45, 2.75) is 18.9 Å². The predicted octanol–water partition coefficient (Wildman–Crippen LogP) is 2.65. The van der Waals surface area contributed by atoms with E-state index in [0.717, 1.165) is 29.5 Å². The molecule has 128 valence electrons. The summed E-state index contributed by atoms with van der Waals surface area (Å²) in [6.07, 6.45) is 5.19. The van der Waals surface area contributed by atoms with E-state index in [1.165, 1.54) is 0 Å². The van der Waals surface area contributed by atoms with E-state index >= 15 is 0 Å². The van der Waals surface area contributed by atoms with Crippen LogP contribution in [0.25, 0.3) is 10.9 Å². The molecule has 0 aliphatic carbocycles. The van der Waals surface area contributed by atoms with E-state index in [0.29, 0.717) is 18.8 Å². The first-order valence-electron chi connectivity index (χ1n) is 8.50. The molecular formula is C19H20N4O2. The van der Waals surface area contributed by atoms with E-state index in [1.54, 1.807) is 17.1 Å². The fourth-order valence-electron chi connectivity index (χ4n) is 3.31. The molecule has 3 heterocycles. The first-order chi connectivity index (χ1) is 12.2. The molecule has 0 atom stereocenters. The monoisotopic (exact) mass is 336 g/mol. The minimum Gasteiger partial charge on any atom is -0.489 e. The number of likely N-dealkylation sites (tertiary alicyclic amines) is 1. The molecule has 0 bridgehead atoms. The average molecular weight is 336 g/mol. The topological polar surface area (TPSA) is 60.2 Å². The highest BCUT2D eigenvalue weighted by Gasteiger charge is 2.27. The molecule has 1 aliphatic rings. The van der Waals surface area contributed by atoms with Gasteiger partial charge in [0, 0.05) is 44.6 Å². The van der Waals surface area contributed by atoms with Gasteiger partial charge in [-0.15, -0.1) is 0 Å². The largest absolute Gasteiger partial charge is 0.489 e. The number of hydrogen-bond donors (Lipinski definition) is 0. The van der Waals surface area contributed by atoms with Crippen molar-refractivity contribution >= 4 is 16.8 Å². The molecule has 25 heavy (non-hydrogen) atoms. The van der Waals surface area contributed by atoms with Crippen LogP contribution in [0, 0.1) is 0 Å². The number of aromatic nitrogens is 3. The molecule has 3 aromatic rings. The molecule has 0 N–H and O–H groups in total. The number of amides is 1. The van der Waals surface area contributed by atoms with Crippen LogP contribution in [0.1, 0.15) is 23.3 Å². The fourth-order valence-corrected chi connectivity index (χ4v) is 3.31. The van der Waals surface area contributed by atoms with Crippen molar-refractivity contribution < 1.29 is 9.53 Å². The number of fused-ring (bicyclic) bond motifs is 1. The molecule has 0 unspecified atom stereocenters. The highest BCUT2D eigenvalue weighted by atomic mass is 16.5. The summed E-state index contributed by atoms with van der Waals surface area (Å²) in [5, 5.41) is 5.34. The Bertz CT molecular complexity index is 883. The Morgan fingerprint density at radius 1 is 1.16 bits per heavy atom. The van der Waals surface area contributed by atoms with Crippen LogP contribution in [0.5, 0.6) is 5.75 Å². The van der Waals surface area contributed by atoms with Crippen LogP contribution in [0.2, 0.25) is 0 Å².